The fourth-order valence-electron chi connectivity index (χ4n) is 2.94. The molecule has 6 heteroatoms. The van der Waals surface area contributed by atoms with E-state index in [0.29, 0.717) is 18.7 Å². The molecule has 0 aliphatic carbocycles. The molecule has 0 saturated carbocycles. The smallest absolute Gasteiger partial charge is 0.410 e. The average Bonchev–Trinajstić information content (AvgIpc) is 2.98. The van der Waals surface area contributed by atoms with Gasteiger partial charge in [-0.3, -0.25) is 0 Å². The van der Waals surface area contributed by atoms with Crippen LogP contribution >= 0.6 is 0 Å². The van der Waals surface area contributed by atoms with E-state index in [1.807, 2.05) is 46.8 Å². The zero-order valence-electron chi connectivity index (χ0n) is 16.4. The molecule has 0 fully saturated rings. The van der Waals surface area contributed by atoms with Gasteiger partial charge in [0.2, 0.25) is 0 Å². The Labute approximate surface area is 154 Å². The molecule has 26 heavy (non-hydrogen) atoms. The molecular formula is C20H28N2O4. The van der Waals surface area contributed by atoms with Gasteiger partial charge in [0.25, 0.3) is 0 Å². The minimum absolute atomic E-state index is 0.313. The number of fused-ring (bicyclic) bond motifs is 3. The Morgan fingerprint density at radius 3 is 2.50 bits per heavy atom. The normalized spacial score (nSPS) is 13.5. The van der Waals surface area contributed by atoms with Crippen molar-refractivity contribution in [3.8, 4) is 0 Å². The molecule has 6 nitrogen and oxygen atoms in total. The molecule has 0 radical (unpaired) electrons. The number of aromatic amines is 1. The molecule has 3 rings (SSSR count). The molecule has 1 aromatic carbocycles. The highest BCUT2D eigenvalue weighted by Gasteiger charge is 2.28. The maximum Gasteiger partial charge on any atom is 0.410 e. The minimum atomic E-state index is -0.518. The van der Waals surface area contributed by atoms with E-state index in [0.717, 1.165) is 28.6 Å². The number of methoxy groups -OCH3 is 1. The quantitative estimate of drug-likeness (QED) is 0.771. The molecule has 142 valence electrons. The van der Waals surface area contributed by atoms with Crippen LogP contribution in [-0.2, 0) is 22.4 Å². The van der Waals surface area contributed by atoms with E-state index in [2.05, 4.69) is 4.98 Å². The van der Waals surface area contributed by atoms with E-state index in [1.165, 1.54) is 7.11 Å². The van der Waals surface area contributed by atoms with Crippen LogP contribution in [0.3, 0.4) is 0 Å². The number of ether oxygens (including phenoxy) is 2. The van der Waals surface area contributed by atoms with Crippen molar-refractivity contribution in [2.45, 2.75) is 53.2 Å². The SMILES string of the molecule is CC.COC(=O)c1ccc2[nH]c3c(c2c1)CN(C(=O)OC(C)(C)C)CC3. The van der Waals surface area contributed by atoms with Crippen molar-refractivity contribution in [3.05, 3.63) is 35.0 Å². The Balaban J connectivity index is 0.00000117. The highest BCUT2D eigenvalue weighted by molar-refractivity contribution is 5.96. The highest BCUT2D eigenvalue weighted by atomic mass is 16.6. The van der Waals surface area contributed by atoms with Gasteiger partial charge in [0.1, 0.15) is 5.60 Å². The summed E-state index contributed by atoms with van der Waals surface area (Å²) in [6.45, 7) is 10.6. The lowest BCUT2D eigenvalue weighted by molar-refractivity contribution is 0.0224. The first-order valence-corrected chi connectivity index (χ1v) is 8.98. The van der Waals surface area contributed by atoms with Crippen molar-refractivity contribution >= 4 is 23.0 Å². The molecule has 1 aromatic heterocycles. The minimum Gasteiger partial charge on any atom is -0.465 e. The van der Waals surface area contributed by atoms with Gasteiger partial charge in [0, 0.05) is 35.1 Å². The first-order chi connectivity index (χ1) is 12.3. The molecule has 1 amide bonds. The zero-order valence-corrected chi connectivity index (χ0v) is 16.4. The second kappa shape index (κ2) is 7.81. The number of aromatic nitrogens is 1. The third kappa shape index (κ3) is 4.18. The first-order valence-electron chi connectivity index (χ1n) is 8.98. The van der Waals surface area contributed by atoms with Crippen LogP contribution in [0.1, 0.15) is 56.2 Å². The third-order valence-corrected chi connectivity index (χ3v) is 4.05. The predicted octanol–water partition coefficient (Wildman–Crippen LogP) is 4.27. The Morgan fingerprint density at radius 1 is 1.19 bits per heavy atom. The van der Waals surface area contributed by atoms with Gasteiger partial charge in [-0.1, -0.05) is 13.8 Å². The Bertz CT molecular complexity index is 802. The summed E-state index contributed by atoms with van der Waals surface area (Å²) < 4.78 is 10.2. The third-order valence-electron chi connectivity index (χ3n) is 4.05. The van der Waals surface area contributed by atoms with Gasteiger partial charge in [-0.05, 0) is 39.0 Å². The lowest BCUT2D eigenvalue weighted by atomic mass is 10.0. The van der Waals surface area contributed by atoms with Crippen molar-refractivity contribution in [3.63, 3.8) is 0 Å². The molecule has 1 aliphatic heterocycles. The second-order valence-corrected chi connectivity index (χ2v) is 6.99. The van der Waals surface area contributed by atoms with Gasteiger partial charge in [-0.25, -0.2) is 9.59 Å². The van der Waals surface area contributed by atoms with E-state index in [1.54, 1.807) is 11.0 Å². The molecule has 0 atom stereocenters. The van der Waals surface area contributed by atoms with Crippen LogP contribution in [0.5, 0.6) is 0 Å². The van der Waals surface area contributed by atoms with Gasteiger partial charge in [-0.2, -0.15) is 0 Å². The number of carbonyl (C=O) groups is 2. The molecule has 1 N–H and O–H groups in total. The number of carbonyl (C=O) groups excluding carboxylic acids is 2. The Morgan fingerprint density at radius 2 is 1.88 bits per heavy atom. The molecule has 0 unspecified atom stereocenters. The van der Waals surface area contributed by atoms with E-state index < -0.39 is 5.60 Å². The second-order valence-electron chi connectivity index (χ2n) is 6.99. The monoisotopic (exact) mass is 360 g/mol. The summed E-state index contributed by atoms with van der Waals surface area (Å²) in [6, 6.07) is 5.43. The van der Waals surface area contributed by atoms with Crippen molar-refractivity contribution in [1.29, 1.82) is 0 Å². The van der Waals surface area contributed by atoms with Gasteiger partial charge >= 0.3 is 12.1 Å². The van der Waals surface area contributed by atoms with Crippen molar-refractivity contribution in [2.24, 2.45) is 0 Å². The number of amides is 1. The van der Waals surface area contributed by atoms with E-state index in [-0.39, 0.29) is 12.1 Å². The standard InChI is InChI=1S/C18H22N2O4.C2H6/c1-18(2,3)24-17(22)20-8-7-15-13(10-20)12-9-11(16(21)23-4)5-6-14(12)19-15;1-2/h5-6,9,19H,7-8,10H2,1-4H3;1-2H3. The van der Waals surface area contributed by atoms with Crippen LogP contribution in [0.15, 0.2) is 18.2 Å². The first kappa shape index (κ1) is 19.8. The van der Waals surface area contributed by atoms with Gasteiger partial charge in [0.15, 0.2) is 0 Å². The van der Waals surface area contributed by atoms with Crippen molar-refractivity contribution in [2.75, 3.05) is 13.7 Å². The number of H-pyrrole nitrogens is 1. The summed E-state index contributed by atoms with van der Waals surface area (Å²) in [5.41, 5.74) is 3.08. The number of hydrogen-bond acceptors (Lipinski definition) is 4. The predicted molar refractivity (Wildman–Crippen MR) is 101 cm³/mol. The molecule has 0 spiro atoms. The van der Waals surface area contributed by atoms with Gasteiger partial charge < -0.3 is 19.4 Å². The van der Waals surface area contributed by atoms with E-state index in [4.69, 9.17) is 9.47 Å². The van der Waals surface area contributed by atoms with Crippen LogP contribution in [-0.4, -0.2) is 41.2 Å². The van der Waals surface area contributed by atoms with E-state index in [9.17, 15) is 9.59 Å². The van der Waals surface area contributed by atoms with Gasteiger partial charge in [0.05, 0.1) is 19.2 Å². The summed E-state index contributed by atoms with van der Waals surface area (Å²) in [5, 5.41) is 0.946. The fraction of sp³-hybridized carbons (Fsp3) is 0.500. The number of nitrogens with zero attached hydrogens (tertiary/aromatic N) is 1. The topological polar surface area (TPSA) is 71.6 Å². The molecule has 0 saturated heterocycles. The fourth-order valence-corrected chi connectivity index (χ4v) is 2.94. The van der Waals surface area contributed by atoms with Crippen LogP contribution in [0, 0.1) is 0 Å². The van der Waals surface area contributed by atoms with E-state index >= 15 is 0 Å². The lowest BCUT2D eigenvalue weighted by Gasteiger charge is -2.30. The summed E-state index contributed by atoms with van der Waals surface area (Å²) in [5.74, 6) is -0.369. The summed E-state index contributed by atoms with van der Waals surface area (Å²) in [4.78, 5) is 29.2. The summed E-state index contributed by atoms with van der Waals surface area (Å²) in [6.07, 6.45) is 0.420. The molecular weight excluding hydrogens is 332 g/mol. The number of nitrogens with one attached hydrogen (secondary N) is 1. The Kier molecular flexibility index (Phi) is 5.95. The van der Waals surface area contributed by atoms with Crippen LogP contribution < -0.4 is 0 Å². The summed E-state index contributed by atoms with van der Waals surface area (Å²) >= 11 is 0. The maximum atomic E-state index is 12.3. The number of rotatable bonds is 1. The number of esters is 1. The average molecular weight is 360 g/mol. The lowest BCUT2D eigenvalue weighted by Crippen LogP contribution is -2.39. The largest absolute Gasteiger partial charge is 0.465 e. The van der Waals surface area contributed by atoms with Crippen LogP contribution in [0.25, 0.3) is 10.9 Å². The number of benzene rings is 1. The van der Waals surface area contributed by atoms with Crippen molar-refractivity contribution < 1.29 is 19.1 Å². The molecule has 2 heterocycles. The van der Waals surface area contributed by atoms with Gasteiger partial charge in [-0.15, -0.1) is 0 Å². The highest BCUT2D eigenvalue weighted by Crippen LogP contribution is 2.29. The Hall–Kier alpha value is -2.50. The van der Waals surface area contributed by atoms with Crippen molar-refractivity contribution in [1.82, 2.24) is 9.88 Å². The molecule has 1 aliphatic rings. The summed E-state index contributed by atoms with van der Waals surface area (Å²) in [7, 11) is 1.36. The van der Waals surface area contributed by atoms with Crippen LogP contribution in [0.4, 0.5) is 4.79 Å². The maximum absolute atomic E-state index is 12.3. The molecule has 2 aromatic rings. The molecule has 0 bridgehead atoms. The van der Waals surface area contributed by atoms with Crippen LogP contribution in [0.2, 0.25) is 0 Å². The number of hydrogen-bond donors (Lipinski definition) is 1. The zero-order chi connectivity index (χ0) is 19.5.